The smallest absolute Gasteiger partial charge is 0.125 e. The molecule has 1 N–H and O–H groups in total. The van der Waals surface area contributed by atoms with Gasteiger partial charge in [-0.05, 0) is 49.3 Å². The summed E-state index contributed by atoms with van der Waals surface area (Å²) in [6.45, 7) is 4.29. The zero-order valence-corrected chi connectivity index (χ0v) is 11.0. The SMILES string of the molecule is CC1CC(C)CC(Oc2ccc(F)cc2CO)C1. The summed E-state index contributed by atoms with van der Waals surface area (Å²) in [5, 5.41) is 9.23. The van der Waals surface area contributed by atoms with Crippen LogP contribution in [-0.4, -0.2) is 11.2 Å². The molecule has 0 radical (unpaired) electrons. The van der Waals surface area contributed by atoms with E-state index in [-0.39, 0.29) is 18.5 Å². The third-order valence-corrected chi connectivity index (χ3v) is 3.62. The Bertz CT molecular complexity index is 395. The molecular formula is C15H21FO2. The maximum atomic E-state index is 13.1. The van der Waals surface area contributed by atoms with Gasteiger partial charge in [0.1, 0.15) is 11.6 Å². The maximum Gasteiger partial charge on any atom is 0.125 e. The van der Waals surface area contributed by atoms with Crippen LogP contribution in [0.4, 0.5) is 4.39 Å². The van der Waals surface area contributed by atoms with Crippen molar-refractivity contribution in [2.24, 2.45) is 11.8 Å². The summed E-state index contributed by atoms with van der Waals surface area (Å²) in [5.74, 6) is 1.61. The summed E-state index contributed by atoms with van der Waals surface area (Å²) in [6.07, 6.45) is 3.49. The maximum absolute atomic E-state index is 13.1. The van der Waals surface area contributed by atoms with Crippen molar-refractivity contribution in [3.63, 3.8) is 0 Å². The van der Waals surface area contributed by atoms with Crippen LogP contribution in [0.15, 0.2) is 18.2 Å². The van der Waals surface area contributed by atoms with Gasteiger partial charge in [-0.2, -0.15) is 0 Å². The molecular weight excluding hydrogens is 231 g/mol. The molecule has 1 fully saturated rings. The van der Waals surface area contributed by atoms with Crippen LogP contribution in [0.2, 0.25) is 0 Å². The lowest BCUT2D eigenvalue weighted by molar-refractivity contribution is 0.0983. The topological polar surface area (TPSA) is 29.5 Å². The third kappa shape index (κ3) is 3.22. The monoisotopic (exact) mass is 252 g/mol. The molecule has 0 saturated heterocycles. The Balaban J connectivity index is 2.08. The van der Waals surface area contributed by atoms with E-state index in [1.54, 1.807) is 6.07 Å². The molecule has 1 aromatic carbocycles. The van der Waals surface area contributed by atoms with Gasteiger partial charge >= 0.3 is 0 Å². The number of ether oxygens (including phenoxy) is 1. The lowest BCUT2D eigenvalue weighted by atomic mass is 9.82. The van der Waals surface area contributed by atoms with Gasteiger partial charge in [0.15, 0.2) is 0 Å². The average Bonchev–Trinajstić information content (AvgIpc) is 2.30. The number of aliphatic hydroxyl groups excluding tert-OH is 1. The van der Waals surface area contributed by atoms with E-state index in [1.165, 1.54) is 18.6 Å². The summed E-state index contributed by atoms with van der Waals surface area (Å²) in [6, 6.07) is 4.33. The fraction of sp³-hybridized carbons (Fsp3) is 0.600. The van der Waals surface area contributed by atoms with Crippen LogP contribution >= 0.6 is 0 Å². The molecule has 100 valence electrons. The van der Waals surface area contributed by atoms with Crippen LogP contribution in [0.25, 0.3) is 0 Å². The molecule has 1 aromatic rings. The van der Waals surface area contributed by atoms with Crippen molar-refractivity contribution in [2.45, 2.75) is 45.8 Å². The standard InChI is InChI=1S/C15H21FO2/c1-10-5-11(2)7-14(6-10)18-15-4-3-13(16)8-12(15)9-17/h3-4,8,10-11,14,17H,5-7,9H2,1-2H3. The van der Waals surface area contributed by atoms with Crippen molar-refractivity contribution in [1.82, 2.24) is 0 Å². The Hall–Kier alpha value is -1.09. The first-order valence-corrected chi connectivity index (χ1v) is 6.64. The van der Waals surface area contributed by atoms with Crippen molar-refractivity contribution in [3.05, 3.63) is 29.6 Å². The highest BCUT2D eigenvalue weighted by molar-refractivity contribution is 5.33. The first-order chi connectivity index (χ1) is 8.58. The van der Waals surface area contributed by atoms with Gasteiger partial charge in [-0.15, -0.1) is 0 Å². The predicted octanol–water partition coefficient (Wildman–Crippen LogP) is 3.52. The van der Waals surface area contributed by atoms with Crippen molar-refractivity contribution >= 4 is 0 Å². The molecule has 18 heavy (non-hydrogen) atoms. The predicted molar refractivity (Wildman–Crippen MR) is 68.9 cm³/mol. The number of benzene rings is 1. The second-order valence-electron chi connectivity index (χ2n) is 5.57. The molecule has 2 rings (SSSR count). The molecule has 0 aliphatic heterocycles. The molecule has 2 atom stereocenters. The van der Waals surface area contributed by atoms with Crippen LogP contribution < -0.4 is 4.74 Å². The molecule has 2 nitrogen and oxygen atoms in total. The first-order valence-electron chi connectivity index (χ1n) is 6.64. The molecule has 2 unspecified atom stereocenters. The van der Waals surface area contributed by atoms with E-state index < -0.39 is 0 Å². The Labute approximate surface area is 108 Å². The minimum atomic E-state index is -0.336. The van der Waals surface area contributed by atoms with E-state index in [2.05, 4.69) is 13.8 Å². The fourth-order valence-corrected chi connectivity index (χ4v) is 2.94. The minimum absolute atomic E-state index is 0.180. The van der Waals surface area contributed by atoms with Gasteiger partial charge in [-0.25, -0.2) is 4.39 Å². The number of hydrogen-bond donors (Lipinski definition) is 1. The Kier molecular flexibility index (Phi) is 4.23. The molecule has 1 aliphatic rings. The number of hydrogen-bond acceptors (Lipinski definition) is 2. The van der Waals surface area contributed by atoms with E-state index in [0.29, 0.717) is 23.1 Å². The Morgan fingerprint density at radius 2 is 1.89 bits per heavy atom. The summed E-state index contributed by atoms with van der Waals surface area (Å²) in [7, 11) is 0. The highest BCUT2D eigenvalue weighted by Gasteiger charge is 2.25. The van der Waals surface area contributed by atoms with Crippen molar-refractivity contribution in [2.75, 3.05) is 0 Å². The highest BCUT2D eigenvalue weighted by atomic mass is 19.1. The number of halogens is 1. The zero-order valence-electron chi connectivity index (χ0n) is 11.0. The summed E-state index contributed by atoms with van der Waals surface area (Å²) < 4.78 is 19.0. The molecule has 3 heteroatoms. The fourth-order valence-electron chi connectivity index (χ4n) is 2.94. The van der Waals surface area contributed by atoms with E-state index in [4.69, 9.17) is 4.74 Å². The van der Waals surface area contributed by atoms with Crippen LogP contribution in [0.5, 0.6) is 5.75 Å². The van der Waals surface area contributed by atoms with Crippen LogP contribution in [-0.2, 0) is 6.61 Å². The summed E-state index contributed by atoms with van der Waals surface area (Å²) in [4.78, 5) is 0. The third-order valence-electron chi connectivity index (χ3n) is 3.62. The first kappa shape index (κ1) is 13.3. The van der Waals surface area contributed by atoms with Gasteiger partial charge in [0.2, 0.25) is 0 Å². The van der Waals surface area contributed by atoms with E-state index >= 15 is 0 Å². The number of rotatable bonds is 3. The lowest BCUT2D eigenvalue weighted by Gasteiger charge is -2.32. The molecule has 0 heterocycles. The second-order valence-corrected chi connectivity index (χ2v) is 5.57. The molecule has 0 spiro atoms. The normalized spacial score (nSPS) is 28.1. The molecule has 0 amide bonds. The molecule has 0 aromatic heterocycles. The Morgan fingerprint density at radius 1 is 1.22 bits per heavy atom. The molecule has 1 saturated carbocycles. The van der Waals surface area contributed by atoms with Gasteiger partial charge in [-0.1, -0.05) is 13.8 Å². The van der Waals surface area contributed by atoms with Gasteiger partial charge < -0.3 is 9.84 Å². The summed E-state index contributed by atoms with van der Waals surface area (Å²) in [5.41, 5.74) is 0.529. The molecule has 0 bridgehead atoms. The van der Waals surface area contributed by atoms with Gasteiger partial charge in [-0.3, -0.25) is 0 Å². The zero-order chi connectivity index (χ0) is 13.1. The highest BCUT2D eigenvalue weighted by Crippen LogP contribution is 2.32. The van der Waals surface area contributed by atoms with E-state index in [0.717, 1.165) is 12.8 Å². The van der Waals surface area contributed by atoms with E-state index in [1.807, 2.05) is 0 Å². The minimum Gasteiger partial charge on any atom is -0.490 e. The molecule has 1 aliphatic carbocycles. The second kappa shape index (κ2) is 5.70. The average molecular weight is 252 g/mol. The van der Waals surface area contributed by atoms with Crippen molar-refractivity contribution < 1.29 is 14.2 Å². The van der Waals surface area contributed by atoms with E-state index in [9.17, 15) is 9.50 Å². The van der Waals surface area contributed by atoms with Crippen LogP contribution in [0.3, 0.4) is 0 Å². The van der Waals surface area contributed by atoms with Crippen molar-refractivity contribution in [3.8, 4) is 5.75 Å². The van der Waals surface area contributed by atoms with Crippen molar-refractivity contribution in [1.29, 1.82) is 0 Å². The van der Waals surface area contributed by atoms with Gasteiger partial charge in [0.25, 0.3) is 0 Å². The largest absolute Gasteiger partial charge is 0.490 e. The van der Waals surface area contributed by atoms with Gasteiger partial charge in [0, 0.05) is 5.56 Å². The lowest BCUT2D eigenvalue weighted by Crippen LogP contribution is -2.28. The summed E-state index contributed by atoms with van der Waals surface area (Å²) >= 11 is 0. The van der Waals surface area contributed by atoms with Gasteiger partial charge in [0.05, 0.1) is 12.7 Å². The van der Waals surface area contributed by atoms with Crippen LogP contribution in [0, 0.1) is 17.7 Å². The Morgan fingerprint density at radius 3 is 2.50 bits per heavy atom. The quantitative estimate of drug-likeness (QED) is 0.891. The number of aliphatic hydroxyl groups is 1. The van der Waals surface area contributed by atoms with Crippen LogP contribution in [0.1, 0.15) is 38.7 Å².